The first kappa shape index (κ1) is 13.6. The van der Waals surface area contributed by atoms with Gasteiger partial charge in [-0.1, -0.05) is 17.7 Å². The SMILES string of the molecule is Cc1ccc(NCCc2nc3ccc(F)cc3n2C)cc1. The fourth-order valence-electron chi connectivity index (χ4n) is 2.43. The zero-order chi connectivity index (χ0) is 14.8. The van der Waals surface area contributed by atoms with E-state index in [2.05, 4.69) is 41.5 Å². The molecule has 0 spiro atoms. The Labute approximate surface area is 123 Å². The quantitative estimate of drug-likeness (QED) is 0.791. The number of fused-ring (bicyclic) bond motifs is 1. The van der Waals surface area contributed by atoms with Crippen LogP contribution < -0.4 is 5.32 Å². The van der Waals surface area contributed by atoms with Gasteiger partial charge in [-0.05, 0) is 37.3 Å². The Morgan fingerprint density at radius 2 is 1.90 bits per heavy atom. The lowest BCUT2D eigenvalue weighted by molar-refractivity contribution is 0.628. The molecule has 3 nitrogen and oxygen atoms in total. The van der Waals surface area contributed by atoms with Gasteiger partial charge in [0.05, 0.1) is 11.0 Å². The molecule has 0 aliphatic rings. The highest BCUT2D eigenvalue weighted by molar-refractivity contribution is 5.75. The first-order chi connectivity index (χ1) is 10.1. The van der Waals surface area contributed by atoms with Gasteiger partial charge in [0.2, 0.25) is 0 Å². The van der Waals surface area contributed by atoms with E-state index in [0.717, 1.165) is 35.5 Å². The Balaban J connectivity index is 1.70. The Kier molecular flexibility index (Phi) is 3.60. The zero-order valence-electron chi connectivity index (χ0n) is 12.2. The molecule has 0 amide bonds. The molecule has 2 aromatic carbocycles. The van der Waals surface area contributed by atoms with Gasteiger partial charge in [0.15, 0.2) is 0 Å². The van der Waals surface area contributed by atoms with Crippen molar-refractivity contribution in [2.45, 2.75) is 13.3 Å². The number of halogens is 1. The summed E-state index contributed by atoms with van der Waals surface area (Å²) in [5.74, 6) is 0.727. The lowest BCUT2D eigenvalue weighted by Gasteiger charge is -2.07. The fourth-order valence-corrected chi connectivity index (χ4v) is 2.43. The predicted octanol–water partition coefficient (Wildman–Crippen LogP) is 3.68. The number of nitrogens with zero attached hydrogens (tertiary/aromatic N) is 2. The van der Waals surface area contributed by atoms with E-state index >= 15 is 0 Å². The number of anilines is 1. The summed E-state index contributed by atoms with van der Waals surface area (Å²) in [6.45, 7) is 2.87. The smallest absolute Gasteiger partial charge is 0.125 e. The number of nitrogens with one attached hydrogen (secondary N) is 1. The summed E-state index contributed by atoms with van der Waals surface area (Å²) >= 11 is 0. The number of imidazole rings is 1. The second-order valence-electron chi connectivity index (χ2n) is 5.26. The Bertz CT molecular complexity index is 760. The van der Waals surface area contributed by atoms with Gasteiger partial charge < -0.3 is 9.88 Å². The molecule has 1 heterocycles. The van der Waals surface area contributed by atoms with Crippen molar-refractivity contribution in [3.05, 3.63) is 59.7 Å². The van der Waals surface area contributed by atoms with Gasteiger partial charge in [0.1, 0.15) is 11.6 Å². The van der Waals surface area contributed by atoms with Crippen LogP contribution in [0, 0.1) is 12.7 Å². The molecule has 0 aliphatic carbocycles. The van der Waals surface area contributed by atoms with Crippen LogP contribution in [0.25, 0.3) is 11.0 Å². The first-order valence-electron chi connectivity index (χ1n) is 7.05. The Morgan fingerprint density at radius 1 is 1.14 bits per heavy atom. The number of aromatic nitrogens is 2. The highest BCUT2D eigenvalue weighted by Gasteiger charge is 2.08. The number of hydrogen-bond donors (Lipinski definition) is 1. The van der Waals surface area contributed by atoms with Crippen molar-refractivity contribution in [3.63, 3.8) is 0 Å². The molecule has 4 heteroatoms. The van der Waals surface area contributed by atoms with Gasteiger partial charge in [-0.25, -0.2) is 9.37 Å². The van der Waals surface area contributed by atoms with Crippen molar-refractivity contribution in [1.29, 1.82) is 0 Å². The van der Waals surface area contributed by atoms with E-state index in [9.17, 15) is 4.39 Å². The third kappa shape index (κ3) is 2.89. The third-order valence-electron chi connectivity index (χ3n) is 3.66. The summed E-state index contributed by atoms with van der Waals surface area (Å²) in [6, 6.07) is 13.0. The van der Waals surface area contributed by atoms with Crippen molar-refractivity contribution in [2.75, 3.05) is 11.9 Å². The van der Waals surface area contributed by atoms with Gasteiger partial charge in [0, 0.05) is 25.7 Å². The molecule has 0 bridgehead atoms. The highest BCUT2D eigenvalue weighted by atomic mass is 19.1. The van der Waals surface area contributed by atoms with Crippen LogP contribution in [0.2, 0.25) is 0 Å². The average Bonchev–Trinajstić information content (AvgIpc) is 2.78. The van der Waals surface area contributed by atoms with E-state index in [4.69, 9.17) is 0 Å². The van der Waals surface area contributed by atoms with E-state index in [0.29, 0.717) is 0 Å². The topological polar surface area (TPSA) is 29.9 Å². The second-order valence-corrected chi connectivity index (χ2v) is 5.26. The standard InChI is InChI=1S/C17H18FN3/c1-12-3-6-14(7-4-12)19-10-9-17-20-15-8-5-13(18)11-16(15)21(17)2/h3-8,11,19H,9-10H2,1-2H3. The van der Waals surface area contributed by atoms with E-state index < -0.39 is 0 Å². The van der Waals surface area contributed by atoms with Crippen LogP contribution in [0.5, 0.6) is 0 Å². The largest absolute Gasteiger partial charge is 0.385 e. The Hall–Kier alpha value is -2.36. The number of benzene rings is 2. The molecule has 0 aliphatic heterocycles. The Morgan fingerprint density at radius 3 is 2.67 bits per heavy atom. The summed E-state index contributed by atoms with van der Waals surface area (Å²) < 4.78 is 15.2. The van der Waals surface area contributed by atoms with Gasteiger partial charge >= 0.3 is 0 Å². The van der Waals surface area contributed by atoms with E-state index in [1.54, 1.807) is 6.07 Å². The van der Waals surface area contributed by atoms with Crippen molar-refractivity contribution >= 4 is 16.7 Å². The summed E-state index contributed by atoms with van der Waals surface area (Å²) in [5, 5.41) is 3.38. The molecular weight excluding hydrogens is 265 g/mol. The van der Waals surface area contributed by atoms with Gasteiger partial charge in [0.25, 0.3) is 0 Å². The zero-order valence-corrected chi connectivity index (χ0v) is 12.2. The molecule has 21 heavy (non-hydrogen) atoms. The summed E-state index contributed by atoms with van der Waals surface area (Å²) in [4.78, 5) is 4.55. The molecule has 0 atom stereocenters. The van der Waals surface area contributed by atoms with Crippen LogP contribution >= 0.6 is 0 Å². The highest BCUT2D eigenvalue weighted by Crippen LogP contribution is 2.17. The number of aryl methyl sites for hydroxylation is 2. The van der Waals surface area contributed by atoms with Crippen molar-refractivity contribution < 1.29 is 4.39 Å². The molecule has 0 fully saturated rings. The van der Waals surface area contributed by atoms with Crippen LogP contribution in [-0.2, 0) is 13.5 Å². The van der Waals surface area contributed by atoms with Crippen molar-refractivity contribution in [2.24, 2.45) is 7.05 Å². The van der Waals surface area contributed by atoms with Crippen molar-refractivity contribution in [1.82, 2.24) is 9.55 Å². The molecule has 0 unspecified atom stereocenters. The maximum atomic E-state index is 13.3. The lowest BCUT2D eigenvalue weighted by atomic mass is 10.2. The summed E-state index contributed by atoms with van der Waals surface area (Å²) in [7, 11) is 1.93. The van der Waals surface area contributed by atoms with Gasteiger partial charge in [-0.2, -0.15) is 0 Å². The van der Waals surface area contributed by atoms with E-state index in [1.165, 1.54) is 17.7 Å². The minimum atomic E-state index is -0.227. The molecule has 3 aromatic rings. The molecule has 108 valence electrons. The second kappa shape index (κ2) is 5.56. The monoisotopic (exact) mass is 283 g/mol. The van der Waals surface area contributed by atoms with Crippen LogP contribution in [0.4, 0.5) is 10.1 Å². The van der Waals surface area contributed by atoms with Crippen molar-refractivity contribution in [3.8, 4) is 0 Å². The first-order valence-corrected chi connectivity index (χ1v) is 7.05. The lowest BCUT2D eigenvalue weighted by Crippen LogP contribution is -2.08. The van der Waals surface area contributed by atoms with Crippen LogP contribution in [0.15, 0.2) is 42.5 Å². The average molecular weight is 283 g/mol. The molecule has 0 saturated heterocycles. The van der Waals surface area contributed by atoms with E-state index in [-0.39, 0.29) is 5.82 Å². The van der Waals surface area contributed by atoms with Gasteiger partial charge in [-0.15, -0.1) is 0 Å². The summed E-state index contributed by atoms with van der Waals surface area (Å²) in [5.41, 5.74) is 4.02. The normalized spacial score (nSPS) is 11.0. The third-order valence-corrected chi connectivity index (χ3v) is 3.66. The van der Waals surface area contributed by atoms with Crippen LogP contribution in [0.3, 0.4) is 0 Å². The van der Waals surface area contributed by atoms with Crippen LogP contribution in [0.1, 0.15) is 11.4 Å². The predicted molar refractivity (Wildman–Crippen MR) is 84.0 cm³/mol. The molecule has 1 N–H and O–H groups in total. The fraction of sp³-hybridized carbons (Fsp3) is 0.235. The molecule has 1 aromatic heterocycles. The van der Waals surface area contributed by atoms with Crippen LogP contribution in [-0.4, -0.2) is 16.1 Å². The molecule has 0 radical (unpaired) electrons. The number of rotatable bonds is 4. The number of hydrogen-bond acceptors (Lipinski definition) is 2. The maximum absolute atomic E-state index is 13.3. The van der Waals surface area contributed by atoms with Gasteiger partial charge in [-0.3, -0.25) is 0 Å². The minimum absolute atomic E-state index is 0.227. The summed E-state index contributed by atoms with van der Waals surface area (Å²) in [6.07, 6.45) is 0.792. The molecule has 0 saturated carbocycles. The minimum Gasteiger partial charge on any atom is -0.385 e. The molecular formula is C17H18FN3. The van der Waals surface area contributed by atoms with E-state index in [1.807, 2.05) is 11.6 Å². The maximum Gasteiger partial charge on any atom is 0.125 e. The molecule has 3 rings (SSSR count).